The van der Waals surface area contributed by atoms with Crippen molar-refractivity contribution in [2.75, 3.05) is 0 Å². The number of benzene rings is 2. The standard InChI is InChI=1S/2C7H9.2C6H6O.Zr/c2*1-6-3-4-7(2)5-6;2*7-6-4-2-1-3-5-6;/h2*3H,4H2,1-2H3;2*1-5,7H;/q;;;;+2/p-2. The van der Waals surface area contributed by atoms with Crippen LogP contribution >= 0.6 is 0 Å². The van der Waals surface area contributed by atoms with Gasteiger partial charge < -0.3 is 0 Å². The fourth-order valence-electron chi connectivity index (χ4n) is 4.43. The van der Waals surface area contributed by atoms with E-state index in [4.69, 9.17) is 5.63 Å². The SMILES string of the molecule is CC1=CCC(C)=[C]1[Zr]([O]c1ccccc1)([O]c1ccccc1)[C]1=C(C)CC=C1C. The predicted molar refractivity (Wildman–Crippen MR) is 116 cm³/mol. The summed E-state index contributed by atoms with van der Waals surface area (Å²) in [6, 6.07) is 20.4. The molecule has 0 amide bonds. The molecule has 3 heteroatoms. The Morgan fingerprint density at radius 1 is 0.586 bits per heavy atom. The van der Waals surface area contributed by atoms with Gasteiger partial charge in [-0.1, -0.05) is 0 Å². The summed E-state index contributed by atoms with van der Waals surface area (Å²) in [5, 5.41) is 0. The van der Waals surface area contributed by atoms with E-state index in [0.29, 0.717) is 0 Å². The van der Waals surface area contributed by atoms with Gasteiger partial charge in [0, 0.05) is 0 Å². The summed E-state index contributed by atoms with van der Waals surface area (Å²) < 4.78 is 16.8. The Kier molecular flexibility index (Phi) is 5.79. The van der Waals surface area contributed by atoms with Gasteiger partial charge in [0.25, 0.3) is 0 Å². The zero-order valence-electron chi connectivity index (χ0n) is 17.7. The van der Waals surface area contributed by atoms with Crippen LogP contribution in [0.5, 0.6) is 11.5 Å². The Bertz CT molecular complexity index is 941. The molecule has 2 aliphatic carbocycles. The third-order valence-electron chi connectivity index (χ3n) is 5.74. The van der Waals surface area contributed by atoms with Gasteiger partial charge in [0.05, 0.1) is 0 Å². The van der Waals surface area contributed by atoms with Crippen LogP contribution in [-0.4, -0.2) is 0 Å². The molecule has 2 aromatic rings. The Morgan fingerprint density at radius 3 is 1.28 bits per heavy atom. The second-order valence-corrected chi connectivity index (χ2v) is 14.4. The minimum atomic E-state index is -4.07. The molecule has 2 nitrogen and oxygen atoms in total. The van der Waals surface area contributed by atoms with E-state index >= 15 is 0 Å². The maximum absolute atomic E-state index is 7.05. The van der Waals surface area contributed by atoms with E-state index in [1.807, 2.05) is 60.7 Å². The number of para-hydroxylation sites is 2. The minimum absolute atomic E-state index is 0.888. The van der Waals surface area contributed by atoms with Gasteiger partial charge in [0.2, 0.25) is 0 Å². The molecule has 0 heterocycles. The number of allylic oxidation sites excluding steroid dienone is 8. The summed E-state index contributed by atoms with van der Waals surface area (Å²) in [5.41, 5.74) is 5.38. The van der Waals surface area contributed by atoms with Gasteiger partial charge >= 0.3 is 180 Å². The molecule has 0 unspecified atom stereocenters. The quantitative estimate of drug-likeness (QED) is 0.445. The first kappa shape index (κ1) is 20.2. The first-order valence-electron chi connectivity index (χ1n) is 10.2. The molecule has 148 valence electrons. The summed E-state index contributed by atoms with van der Waals surface area (Å²) in [6.45, 7) is 8.90. The van der Waals surface area contributed by atoms with E-state index < -0.39 is 21.1 Å². The molecule has 2 aromatic carbocycles. The summed E-state index contributed by atoms with van der Waals surface area (Å²) >= 11 is -4.07. The van der Waals surface area contributed by atoms with Gasteiger partial charge in [-0.05, 0) is 0 Å². The topological polar surface area (TPSA) is 18.5 Å². The van der Waals surface area contributed by atoms with Gasteiger partial charge in [-0.25, -0.2) is 0 Å². The molecule has 0 aliphatic heterocycles. The van der Waals surface area contributed by atoms with Gasteiger partial charge in [-0.3, -0.25) is 0 Å². The molecule has 0 spiro atoms. The molecule has 0 saturated carbocycles. The molecule has 2 aliphatic rings. The van der Waals surface area contributed by atoms with E-state index in [1.54, 1.807) is 0 Å². The molecule has 0 radical (unpaired) electrons. The average molecular weight is 464 g/mol. The van der Waals surface area contributed by atoms with Gasteiger partial charge in [-0.2, -0.15) is 0 Å². The Balaban J connectivity index is 1.97. The van der Waals surface area contributed by atoms with Gasteiger partial charge in [0.1, 0.15) is 0 Å². The van der Waals surface area contributed by atoms with E-state index in [-0.39, 0.29) is 0 Å². The van der Waals surface area contributed by atoms with Crippen molar-refractivity contribution in [1.82, 2.24) is 0 Å². The van der Waals surface area contributed by atoms with Crippen LogP contribution in [-0.2, 0) is 21.1 Å². The van der Waals surface area contributed by atoms with Crippen molar-refractivity contribution in [3.8, 4) is 11.5 Å². The molecule has 4 rings (SSSR count). The molecule has 0 N–H and O–H groups in total. The first-order chi connectivity index (χ1) is 14.0. The van der Waals surface area contributed by atoms with Crippen molar-refractivity contribution in [3.63, 3.8) is 0 Å². The van der Waals surface area contributed by atoms with Gasteiger partial charge in [-0.15, -0.1) is 0 Å². The third-order valence-corrected chi connectivity index (χ3v) is 15.6. The van der Waals surface area contributed by atoms with Crippen molar-refractivity contribution in [3.05, 3.63) is 102 Å². The Labute approximate surface area is 179 Å². The molecule has 29 heavy (non-hydrogen) atoms. The van der Waals surface area contributed by atoms with Crippen LogP contribution in [0.1, 0.15) is 40.5 Å². The number of rotatable bonds is 6. The first-order valence-corrected chi connectivity index (χ1v) is 14.7. The monoisotopic (exact) mass is 462 g/mol. The number of hydrogen-bond acceptors (Lipinski definition) is 2. The van der Waals surface area contributed by atoms with Crippen LogP contribution in [0.15, 0.2) is 102 Å². The summed E-state index contributed by atoms with van der Waals surface area (Å²) in [6.07, 6.45) is 6.60. The van der Waals surface area contributed by atoms with Crippen molar-refractivity contribution in [2.24, 2.45) is 0 Å². The predicted octanol–water partition coefficient (Wildman–Crippen LogP) is 7.38. The Hall–Kier alpha value is -2.12. The Morgan fingerprint density at radius 2 is 0.966 bits per heavy atom. The molecule has 0 aromatic heterocycles. The van der Waals surface area contributed by atoms with E-state index in [2.05, 4.69) is 39.8 Å². The fraction of sp³-hybridized carbons (Fsp3) is 0.231. The normalized spacial score (nSPS) is 16.8. The van der Waals surface area contributed by atoms with Crippen LogP contribution in [0.25, 0.3) is 0 Å². The average Bonchev–Trinajstić information content (AvgIpc) is 3.24. The van der Waals surface area contributed by atoms with Crippen molar-refractivity contribution >= 4 is 0 Å². The zero-order chi connectivity index (χ0) is 20.4. The van der Waals surface area contributed by atoms with Crippen LogP contribution in [0.2, 0.25) is 0 Å². The van der Waals surface area contributed by atoms with Crippen LogP contribution < -0.4 is 5.63 Å². The van der Waals surface area contributed by atoms with E-state index in [1.165, 1.54) is 28.9 Å². The van der Waals surface area contributed by atoms with Gasteiger partial charge in [0.15, 0.2) is 0 Å². The van der Waals surface area contributed by atoms with Crippen LogP contribution in [0.4, 0.5) is 0 Å². The molecular formula is C26H28O2Zr. The maximum atomic E-state index is 7.05. The summed E-state index contributed by atoms with van der Waals surface area (Å²) in [4.78, 5) is 0. The van der Waals surface area contributed by atoms with Crippen molar-refractivity contribution in [1.29, 1.82) is 0 Å². The molecular weight excluding hydrogens is 436 g/mol. The van der Waals surface area contributed by atoms with E-state index in [9.17, 15) is 0 Å². The summed E-state index contributed by atoms with van der Waals surface area (Å²) in [5.74, 6) is 1.78. The third kappa shape index (κ3) is 3.86. The fourth-order valence-corrected chi connectivity index (χ4v) is 14.8. The van der Waals surface area contributed by atoms with E-state index in [0.717, 1.165) is 24.3 Å². The second kappa shape index (κ2) is 8.32. The second-order valence-electron chi connectivity index (χ2n) is 7.94. The van der Waals surface area contributed by atoms with Crippen molar-refractivity contribution in [2.45, 2.75) is 40.5 Å². The molecule has 0 bridgehead atoms. The zero-order valence-corrected chi connectivity index (χ0v) is 20.1. The molecule has 0 saturated heterocycles. The summed E-state index contributed by atoms with van der Waals surface area (Å²) in [7, 11) is 0. The van der Waals surface area contributed by atoms with Crippen molar-refractivity contribution < 1.29 is 26.8 Å². The van der Waals surface area contributed by atoms with Crippen LogP contribution in [0, 0.1) is 0 Å². The number of hydrogen-bond donors (Lipinski definition) is 0. The molecule has 0 atom stereocenters. The molecule has 0 fully saturated rings. The van der Waals surface area contributed by atoms with Crippen LogP contribution in [0.3, 0.4) is 0 Å².